The highest BCUT2D eigenvalue weighted by Crippen LogP contribution is 2.34. The third-order valence-electron chi connectivity index (χ3n) is 5.45. The van der Waals surface area contributed by atoms with E-state index < -0.39 is 15.8 Å². The van der Waals surface area contributed by atoms with Crippen LogP contribution in [-0.2, 0) is 24.3 Å². The predicted molar refractivity (Wildman–Crippen MR) is 115 cm³/mol. The molecule has 2 heterocycles. The molecule has 0 spiro atoms. The molecule has 4 rings (SSSR count). The van der Waals surface area contributed by atoms with Crippen molar-refractivity contribution in [1.29, 1.82) is 0 Å². The topological polar surface area (TPSA) is 94.2 Å². The summed E-state index contributed by atoms with van der Waals surface area (Å²) in [7, 11) is -3.76. The smallest absolute Gasteiger partial charge is 0.243 e. The fourth-order valence-electron chi connectivity index (χ4n) is 3.62. The minimum atomic E-state index is -3.76. The number of rotatable bonds is 6. The molecule has 0 atom stereocenters. The third kappa shape index (κ3) is 5.26. The summed E-state index contributed by atoms with van der Waals surface area (Å²) >= 11 is 0. The standard InChI is InChI=1S/C22H25FN2O6S/c23-17-1-3-18(4-2-17)31-21-6-5-19(32(27,28)25-9-13-30-14-10-25)15-20(21)24-22(26)16-7-11-29-12-8-16/h1-6,15-16H,7-14H2,(H,24,26). The van der Waals surface area contributed by atoms with Gasteiger partial charge in [-0.25, -0.2) is 12.8 Å². The molecular weight excluding hydrogens is 439 g/mol. The van der Waals surface area contributed by atoms with Gasteiger partial charge in [0.05, 0.1) is 23.8 Å². The zero-order chi connectivity index (χ0) is 22.6. The Balaban J connectivity index is 1.64. The van der Waals surface area contributed by atoms with Crippen molar-refractivity contribution in [3.63, 3.8) is 0 Å². The molecule has 2 aromatic rings. The molecule has 2 aliphatic heterocycles. The van der Waals surface area contributed by atoms with Crippen molar-refractivity contribution in [2.75, 3.05) is 44.8 Å². The van der Waals surface area contributed by atoms with E-state index in [0.29, 0.717) is 45.0 Å². The van der Waals surface area contributed by atoms with E-state index in [1.54, 1.807) is 0 Å². The van der Waals surface area contributed by atoms with E-state index in [2.05, 4.69) is 5.32 Å². The molecule has 0 aromatic heterocycles. The molecule has 8 nitrogen and oxygen atoms in total. The van der Waals surface area contributed by atoms with Crippen molar-refractivity contribution < 1.29 is 31.8 Å². The van der Waals surface area contributed by atoms with Crippen LogP contribution in [0.15, 0.2) is 47.4 Å². The lowest BCUT2D eigenvalue weighted by Crippen LogP contribution is -2.40. The Kier molecular flexibility index (Phi) is 7.04. The maximum Gasteiger partial charge on any atom is 0.243 e. The Morgan fingerprint density at radius 1 is 1.00 bits per heavy atom. The van der Waals surface area contributed by atoms with Gasteiger partial charge >= 0.3 is 0 Å². The van der Waals surface area contributed by atoms with E-state index in [4.69, 9.17) is 14.2 Å². The van der Waals surface area contributed by atoms with E-state index >= 15 is 0 Å². The minimum Gasteiger partial charge on any atom is -0.455 e. The number of nitrogens with zero attached hydrogens (tertiary/aromatic N) is 1. The maximum absolute atomic E-state index is 13.2. The Hall–Kier alpha value is -2.53. The molecule has 0 radical (unpaired) electrons. The van der Waals surface area contributed by atoms with Crippen LogP contribution < -0.4 is 10.1 Å². The molecule has 2 saturated heterocycles. The fraction of sp³-hybridized carbons (Fsp3) is 0.409. The number of nitrogens with one attached hydrogen (secondary N) is 1. The van der Waals surface area contributed by atoms with Crippen molar-refractivity contribution in [3.05, 3.63) is 48.3 Å². The molecule has 32 heavy (non-hydrogen) atoms. The van der Waals surface area contributed by atoms with Gasteiger partial charge in [-0.2, -0.15) is 4.31 Å². The lowest BCUT2D eigenvalue weighted by Gasteiger charge is -2.26. The summed E-state index contributed by atoms with van der Waals surface area (Å²) in [5.74, 6) is -0.243. The zero-order valence-corrected chi connectivity index (χ0v) is 18.3. The van der Waals surface area contributed by atoms with Crippen LogP contribution in [0.3, 0.4) is 0 Å². The number of hydrogen-bond donors (Lipinski definition) is 1. The second-order valence-corrected chi connectivity index (χ2v) is 9.54. The van der Waals surface area contributed by atoms with Gasteiger partial charge in [-0.05, 0) is 55.3 Å². The lowest BCUT2D eigenvalue weighted by atomic mass is 9.99. The highest BCUT2D eigenvalue weighted by molar-refractivity contribution is 7.89. The summed E-state index contributed by atoms with van der Waals surface area (Å²) in [5, 5.41) is 2.83. The Morgan fingerprint density at radius 2 is 1.66 bits per heavy atom. The van der Waals surface area contributed by atoms with Gasteiger partial charge in [0.15, 0.2) is 5.75 Å². The SMILES string of the molecule is O=C(Nc1cc(S(=O)(=O)N2CCOCC2)ccc1Oc1ccc(F)cc1)C1CCOCC1. The molecule has 0 bridgehead atoms. The van der Waals surface area contributed by atoms with Gasteiger partial charge in [0, 0.05) is 32.2 Å². The molecule has 0 aliphatic carbocycles. The molecule has 172 valence electrons. The van der Waals surface area contributed by atoms with Gasteiger partial charge < -0.3 is 19.5 Å². The van der Waals surface area contributed by atoms with E-state index in [-0.39, 0.29) is 41.2 Å². The normalized spacial score (nSPS) is 18.3. The first-order valence-electron chi connectivity index (χ1n) is 10.5. The van der Waals surface area contributed by atoms with Crippen LogP contribution in [0.25, 0.3) is 0 Å². The lowest BCUT2D eigenvalue weighted by molar-refractivity contribution is -0.122. The van der Waals surface area contributed by atoms with E-state index in [0.717, 1.165) is 0 Å². The van der Waals surface area contributed by atoms with E-state index in [1.165, 1.54) is 46.8 Å². The first-order valence-corrected chi connectivity index (χ1v) is 11.9. The number of carbonyl (C=O) groups is 1. The van der Waals surface area contributed by atoms with Crippen LogP contribution in [-0.4, -0.2) is 58.1 Å². The molecule has 2 aliphatic rings. The number of hydrogen-bond acceptors (Lipinski definition) is 6. The van der Waals surface area contributed by atoms with Crippen molar-refractivity contribution >= 4 is 21.6 Å². The molecule has 2 fully saturated rings. The highest BCUT2D eigenvalue weighted by atomic mass is 32.2. The summed E-state index contributed by atoms with van der Waals surface area (Å²) < 4.78 is 57.2. The summed E-state index contributed by atoms with van der Waals surface area (Å²) in [6, 6.07) is 9.76. The van der Waals surface area contributed by atoms with Gasteiger partial charge in [-0.3, -0.25) is 4.79 Å². The second-order valence-electron chi connectivity index (χ2n) is 7.61. The Morgan fingerprint density at radius 3 is 2.34 bits per heavy atom. The average Bonchev–Trinajstić information content (AvgIpc) is 2.82. The number of benzene rings is 2. The van der Waals surface area contributed by atoms with Crippen LogP contribution in [0.1, 0.15) is 12.8 Å². The molecule has 10 heteroatoms. The summed E-state index contributed by atoms with van der Waals surface area (Å²) in [6.07, 6.45) is 1.18. The number of morpholine rings is 1. The molecule has 1 amide bonds. The molecule has 0 saturated carbocycles. The molecule has 1 N–H and O–H groups in total. The van der Waals surface area contributed by atoms with Gasteiger partial charge in [0.25, 0.3) is 0 Å². The third-order valence-corrected chi connectivity index (χ3v) is 7.34. The van der Waals surface area contributed by atoms with Crippen LogP contribution in [0.2, 0.25) is 0 Å². The minimum absolute atomic E-state index is 0.0492. The Bertz CT molecular complexity index is 1050. The maximum atomic E-state index is 13.2. The first kappa shape index (κ1) is 22.7. The predicted octanol–water partition coefficient (Wildman–Crippen LogP) is 3.00. The highest BCUT2D eigenvalue weighted by Gasteiger charge is 2.28. The number of amides is 1. The second kappa shape index (κ2) is 9.95. The number of sulfonamides is 1. The van der Waals surface area contributed by atoms with Crippen molar-refractivity contribution in [3.8, 4) is 11.5 Å². The van der Waals surface area contributed by atoms with Crippen LogP contribution >= 0.6 is 0 Å². The summed E-state index contributed by atoms with van der Waals surface area (Å²) in [6.45, 7) is 2.20. The van der Waals surface area contributed by atoms with Crippen LogP contribution in [0, 0.1) is 11.7 Å². The fourth-order valence-corrected chi connectivity index (χ4v) is 5.05. The van der Waals surface area contributed by atoms with Gasteiger partial charge in [-0.15, -0.1) is 0 Å². The van der Waals surface area contributed by atoms with Crippen LogP contribution in [0.5, 0.6) is 11.5 Å². The van der Waals surface area contributed by atoms with Crippen molar-refractivity contribution in [2.24, 2.45) is 5.92 Å². The van der Waals surface area contributed by atoms with Gasteiger partial charge in [0.1, 0.15) is 11.6 Å². The summed E-state index contributed by atoms with van der Waals surface area (Å²) in [4.78, 5) is 12.9. The molecule has 0 unspecified atom stereocenters. The van der Waals surface area contributed by atoms with E-state index in [9.17, 15) is 17.6 Å². The Labute approximate surface area is 186 Å². The number of anilines is 1. The zero-order valence-electron chi connectivity index (χ0n) is 17.5. The summed E-state index contributed by atoms with van der Waals surface area (Å²) in [5.41, 5.74) is 0.236. The number of ether oxygens (including phenoxy) is 3. The number of halogens is 1. The average molecular weight is 465 g/mol. The van der Waals surface area contributed by atoms with E-state index in [1.807, 2.05) is 0 Å². The first-order chi connectivity index (χ1) is 15.4. The van der Waals surface area contributed by atoms with Crippen molar-refractivity contribution in [2.45, 2.75) is 17.7 Å². The quantitative estimate of drug-likeness (QED) is 0.706. The van der Waals surface area contributed by atoms with Gasteiger partial charge in [0.2, 0.25) is 15.9 Å². The van der Waals surface area contributed by atoms with Crippen LogP contribution in [0.4, 0.5) is 10.1 Å². The van der Waals surface area contributed by atoms with Crippen molar-refractivity contribution in [1.82, 2.24) is 4.31 Å². The number of carbonyl (C=O) groups excluding carboxylic acids is 1. The molecular formula is C22H25FN2O6S. The molecule has 2 aromatic carbocycles. The van der Waals surface area contributed by atoms with Gasteiger partial charge in [-0.1, -0.05) is 0 Å². The largest absolute Gasteiger partial charge is 0.455 e. The monoisotopic (exact) mass is 464 g/mol.